The van der Waals surface area contributed by atoms with Gasteiger partial charge in [-0.25, -0.2) is 39.9 Å². The van der Waals surface area contributed by atoms with Gasteiger partial charge in [0.25, 0.3) is 27.8 Å². The number of methoxy groups -OCH3 is 4. The molecule has 5 aliphatic heterocycles. The maximum atomic E-state index is 12.9. The lowest BCUT2D eigenvalue weighted by Gasteiger charge is -2.33. The fourth-order valence-electron chi connectivity index (χ4n) is 17.4. The van der Waals surface area contributed by atoms with E-state index in [1.54, 1.807) is 92.1 Å². The number of fused-ring (bicyclic) bond motifs is 6. The van der Waals surface area contributed by atoms with Crippen LogP contribution in [-0.2, 0) is 0 Å². The first-order valence-corrected chi connectivity index (χ1v) is 47.6. The number of rotatable bonds is 16. The van der Waals surface area contributed by atoms with Gasteiger partial charge in [-0.2, -0.15) is 0 Å². The highest BCUT2D eigenvalue weighted by Crippen LogP contribution is 2.36. The van der Waals surface area contributed by atoms with E-state index in [4.69, 9.17) is 33.9 Å². The second kappa shape index (κ2) is 41.3. The van der Waals surface area contributed by atoms with Crippen LogP contribution in [0.2, 0.25) is 0 Å². The topological polar surface area (TPSA) is 312 Å². The fourth-order valence-corrected chi connectivity index (χ4v) is 19.7. The molecular weight excluding hydrogens is 1740 g/mol. The Morgan fingerprint density at radius 1 is 0.406 bits per heavy atom. The van der Waals surface area contributed by atoms with Gasteiger partial charge >= 0.3 is 0 Å². The first-order chi connectivity index (χ1) is 64.5. The summed E-state index contributed by atoms with van der Waals surface area (Å²) in [5, 5.41) is 20.3. The Balaban J connectivity index is 0.000000116. The normalized spacial score (nSPS) is 16.2. The third kappa shape index (κ3) is 21.5. The third-order valence-electron chi connectivity index (χ3n) is 24.3. The molecule has 0 unspecified atom stereocenters. The van der Waals surface area contributed by atoms with Gasteiger partial charge in [-0.1, -0.05) is 26.0 Å². The molecule has 5 aliphatic rings. The highest BCUT2D eigenvalue weighted by atomic mass is 32.1. The minimum absolute atomic E-state index is 0.0654. The lowest BCUT2D eigenvalue weighted by molar-refractivity contribution is 0.255. The van der Waals surface area contributed by atoms with Crippen LogP contribution in [0.4, 0.5) is 22.7 Å². The standard InChI is InChI=1S/C23H28N4O3.C22H25N3O3.C21H21N5OS.C17H19N5OS.C16H17N5OS/c1-15(2)24-17-9-10-26(13-17)18-6-8-22-25-19(12-23(28)27(22)14-18)16-5-7-20(29-3)21(11-16)30-4;1-24-10-8-15(9-11-24)17-5-7-21-23-18(13-22(26)25(21)14-17)16-4-6-19(27-2)20(12-16)28-3;1-14-23-18-11-15(3-5-19(18)28-14)17-12-21(27)26-13-16(4-6-20(26)24-17)25-9-2-7-22-8-10-25;1-11-8-21(6-5-18-11)13-3-4-15-20-14(7-16(23)22(15)9-13)17-19-12(2)10-24-17;1-11-10-23-16(18-11)13-8-15(22)21-9-12(2-3-14(21)19-13)20-6-4-17-5-7-20/h5-8,11-12,14-15,17,24H,9-10,13H2,1-4H3;4-7,12-15H,8-11H2,1-3H3;3-6,11-13,22H,2,7-10H2,1H3;3-4,7,9-11,18H,5-6,8H2,1-2H3;2-3,8-10,17H,4-7H2,1H3/t17-;;;11-;/m0..0./s1. The maximum absolute atomic E-state index is 12.9. The van der Waals surface area contributed by atoms with Crippen LogP contribution in [0.15, 0.2) is 211 Å². The Morgan fingerprint density at radius 3 is 1.28 bits per heavy atom. The quantitative estimate of drug-likeness (QED) is 0.0698. The number of likely N-dealkylation sites (tertiary alicyclic amines) is 1. The van der Waals surface area contributed by atoms with Crippen LogP contribution in [0.5, 0.6) is 23.0 Å². The van der Waals surface area contributed by atoms with Gasteiger partial charge in [0.2, 0.25) is 0 Å². The van der Waals surface area contributed by atoms with Crippen molar-refractivity contribution < 1.29 is 18.9 Å². The molecule has 0 radical (unpaired) electrons. The minimum atomic E-state index is -0.109. The van der Waals surface area contributed by atoms with Gasteiger partial charge in [-0.15, -0.1) is 34.0 Å². The molecule has 0 amide bonds. The predicted octanol–water partition coefficient (Wildman–Crippen LogP) is 12.7. The average Bonchev–Trinajstić information content (AvgIpc) is 1.55. The Morgan fingerprint density at radius 2 is 0.820 bits per heavy atom. The van der Waals surface area contributed by atoms with Gasteiger partial charge < -0.3 is 64.7 Å². The summed E-state index contributed by atoms with van der Waals surface area (Å²) in [7, 11) is 8.53. The Hall–Kier alpha value is -13.2. The van der Waals surface area contributed by atoms with Crippen molar-refractivity contribution in [1.82, 2.24) is 88.0 Å². The van der Waals surface area contributed by atoms with E-state index in [9.17, 15) is 24.0 Å². The van der Waals surface area contributed by atoms with Gasteiger partial charge in [-0.3, -0.25) is 46.0 Å². The van der Waals surface area contributed by atoms with Crippen molar-refractivity contribution in [2.75, 3.05) is 153 Å². The summed E-state index contributed by atoms with van der Waals surface area (Å²) >= 11 is 4.69. The summed E-state index contributed by atoms with van der Waals surface area (Å²) in [6, 6.07) is 46.3. The summed E-state index contributed by atoms with van der Waals surface area (Å²) in [6.45, 7) is 27.1. The molecule has 0 bridgehead atoms. The average molecular weight is 1850 g/mol. The van der Waals surface area contributed by atoms with E-state index in [1.807, 2.05) is 160 Å². The molecule has 34 heteroatoms. The van der Waals surface area contributed by atoms with E-state index >= 15 is 0 Å². The van der Waals surface area contributed by atoms with Gasteiger partial charge in [-0.05, 0) is 195 Å². The molecule has 2 atom stereocenters. The van der Waals surface area contributed by atoms with E-state index in [2.05, 4.69) is 117 Å². The lowest BCUT2D eigenvalue weighted by atomic mass is 9.91. The summed E-state index contributed by atoms with van der Waals surface area (Å²) in [5.41, 5.74) is 16.8. The molecule has 0 spiro atoms. The van der Waals surface area contributed by atoms with Crippen LogP contribution in [-0.4, -0.2) is 219 Å². The fraction of sp³-hybridized carbons (Fsp3) is 0.343. The van der Waals surface area contributed by atoms with Gasteiger partial charge in [0, 0.05) is 197 Å². The van der Waals surface area contributed by atoms with Gasteiger partial charge in [0.15, 0.2) is 23.0 Å². The van der Waals surface area contributed by atoms with Crippen LogP contribution in [0.25, 0.3) is 93.6 Å². The zero-order valence-electron chi connectivity index (χ0n) is 76.6. The van der Waals surface area contributed by atoms with E-state index < -0.39 is 0 Å². The molecule has 5 fully saturated rings. The van der Waals surface area contributed by atoms with Crippen LogP contribution in [0.1, 0.15) is 74.3 Å². The van der Waals surface area contributed by atoms with E-state index in [-0.39, 0.29) is 27.8 Å². The zero-order chi connectivity index (χ0) is 92.5. The highest BCUT2D eigenvalue weighted by molar-refractivity contribution is 7.18. The van der Waals surface area contributed by atoms with Gasteiger partial charge in [0.05, 0.1) is 83.5 Å². The number of ether oxygens (including phenoxy) is 4. The molecule has 31 nitrogen and oxygen atoms in total. The van der Waals surface area contributed by atoms with Crippen molar-refractivity contribution in [3.63, 3.8) is 0 Å². The van der Waals surface area contributed by atoms with E-state index in [0.717, 1.165) is 200 Å². The smallest absolute Gasteiger partial charge is 0.258 e. The van der Waals surface area contributed by atoms with Crippen molar-refractivity contribution in [3.05, 3.63) is 261 Å². The van der Waals surface area contributed by atoms with Crippen molar-refractivity contribution in [2.24, 2.45) is 0 Å². The van der Waals surface area contributed by atoms with Crippen molar-refractivity contribution >= 4 is 95.2 Å². The minimum Gasteiger partial charge on any atom is -0.493 e. The van der Waals surface area contributed by atoms with Crippen LogP contribution in [0.3, 0.4) is 0 Å². The number of anilines is 4. The van der Waals surface area contributed by atoms with Crippen LogP contribution in [0, 0.1) is 20.8 Å². The predicted molar refractivity (Wildman–Crippen MR) is 532 cm³/mol. The zero-order valence-corrected chi connectivity index (χ0v) is 79.0. The first kappa shape index (κ1) is 91.7. The highest BCUT2D eigenvalue weighted by Gasteiger charge is 2.26. The Kier molecular flexibility index (Phi) is 28.5. The van der Waals surface area contributed by atoms with Crippen molar-refractivity contribution in [3.8, 4) is 78.2 Å². The molecule has 5 saturated heterocycles. The van der Waals surface area contributed by atoms with Crippen LogP contribution < -0.4 is 87.6 Å². The number of aromatic nitrogens is 13. The number of hydrogen-bond acceptors (Lipinski definition) is 29. The summed E-state index contributed by atoms with van der Waals surface area (Å²) < 4.78 is 30.6. The number of nitrogens with one attached hydrogen (secondary N) is 4. The first-order valence-electron chi connectivity index (χ1n) is 45.0. The number of aryl methyl sites for hydroxylation is 3. The molecule has 3 aromatic carbocycles. The summed E-state index contributed by atoms with van der Waals surface area (Å²) in [6.07, 6.45) is 14.0. The number of hydrogen-bond donors (Lipinski definition) is 4. The maximum Gasteiger partial charge on any atom is 0.258 e. The van der Waals surface area contributed by atoms with E-state index in [0.29, 0.717) is 104 Å². The summed E-state index contributed by atoms with van der Waals surface area (Å²) in [4.78, 5) is 112. The lowest BCUT2D eigenvalue weighted by Crippen LogP contribution is -2.49. The Labute approximate surface area is 781 Å². The third-order valence-corrected chi connectivity index (χ3v) is 27.2. The number of thiazole rings is 3. The van der Waals surface area contributed by atoms with Crippen LogP contribution >= 0.6 is 34.0 Å². The molecule has 688 valence electrons. The molecule has 21 rings (SSSR count). The van der Waals surface area contributed by atoms with Crippen molar-refractivity contribution in [1.29, 1.82) is 0 Å². The Bertz CT molecular complexity index is 7210. The number of nitrogens with zero attached hydrogens (tertiary/aromatic N) is 18. The molecule has 4 N–H and O–H groups in total. The molecule has 0 saturated carbocycles. The monoisotopic (exact) mass is 1850 g/mol. The number of piperazine rings is 2. The summed E-state index contributed by atoms with van der Waals surface area (Å²) in [5.74, 6) is 2.99. The van der Waals surface area contributed by atoms with Gasteiger partial charge in [0.1, 0.15) is 49.6 Å². The molecule has 16 aromatic rings. The molecule has 18 heterocycles. The number of pyridine rings is 5. The molecule has 13 aromatic heterocycles. The van der Waals surface area contributed by atoms with Crippen molar-refractivity contribution in [2.45, 2.75) is 91.3 Å². The molecule has 133 heavy (non-hydrogen) atoms. The SMILES string of the molecule is COc1ccc(-c2cc(=O)n3cc(C4CCN(C)CC4)ccc3n2)cc1OC.COc1ccc(-c2cc(=O)n3cc(N4CC[C@H](NC(C)C)C4)ccc3n2)cc1OC.Cc1csc(-c2cc(=O)n3cc(N4CCNCC4)ccc3n2)n1.Cc1csc(-c2cc(=O)n3cc(N4CCN[C@@H](C)C4)ccc3n2)n1.Cc1nc2cc(-c3cc(=O)n4cc(N5CCCNCC5)ccc4n3)ccc2s1. The molecular formula is C99H110N22O9S3. The second-order valence-corrected chi connectivity index (χ2v) is 37.1. The molecule has 0 aliphatic carbocycles. The number of piperidine rings is 1. The second-order valence-electron chi connectivity index (χ2n) is 34.2. The number of benzene rings is 3. The van der Waals surface area contributed by atoms with E-state index in [1.165, 1.54) is 28.2 Å². The largest absolute Gasteiger partial charge is 0.493 e.